The van der Waals surface area contributed by atoms with Crippen LogP contribution >= 0.6 is 0 Å². The van der Waals surface area contributed by atoms with E-state index in [-0.39, 0.29) is 0 Å². The van der Waals surface area contributed by atoms with E-state index in [9.17, 15) is 0 Å². The number of rotatable bonds is 6. The second-order valence-electron chi connectivity index (χ2n) is 5.55. The third-order valence-corrected chi connectivity index (χ3v) is 3.54. The van der Waals surface area contributed by atoms with Crippen molar-refractivity contribution in [2.75, 3.05) is 7.11 Å². The predicted molar refractivity (Wildman–Crippen MR) is 77.9 cm³/mol. The molecule has 3 heteroatoms. The van der Waals surface area contributed by atoms with Gasteiger partial charge in [0.15, 0.2) is 11.5 Å². The van der Waals surface area contributed by atoms with Gasteiger partial charge in [-0.15, -0.1) is 0 Å². The van der Waals surface area contributed by atoms with Gasteiger partial charge in [0, 0.05) is 12.6 Å². The molecule has 1 saturated carbocycles. The second kappa shape index (κ2) is 6.80. The second-order valence-corrected chi connectivity index (χ2v) is 5.55. The quantitative estimate of drug-likeness (QED) is 0.852. The first-order valence-electron chi connectivity index (χ1n) is 7.26. The molecule has 3 nitrogen and oxygen atoms in total. The molecule has 0 amide bonds. The Morgan fingerprint density at radius 3 is 2.58 bits per heavy atom. The Hall–Kier alpha value is -1.22. The van der Waals surface area contributed by atoms with Crippen LogP contribution in [0.5, 0.6) is 11.5 Å². The number of methoxy groups -OCH3 is 1. The summed E-state index contributed by atoms with van der Waals surface area (Å²) in [5.41, 5.74) is 1.23. The van der Waals surface area contributed by atoms with Gasteiger partial charge in [-0.1, -0.05) is 19.9 Å². The molecule has 1 aliphatic carbocycles. The van der Waals surface area contributed by atoms with Crippen LogP contribution in [0.25, 0.3) is 0 Å². The fourth-order valence-electron chi connectivity index (χ4n) is 2.43. The van der Waals surface area contributed by atoms with Crippen LogP contribution in [-0.2, 0) is 6.54 Å². The molecule has 0 atom stereocenters. The van der Waals surface area contributed by atoms with Gasteiger partial charge in [-0.3, -0.25) is 0 Å². The van der Waals surface area contributed by atoms with Crippen LogP contribution in [0, 0.1) is 0 Å². The zero-order valence-electron chi connectivity index (χ0n) is 12.2. The van der Waals surface area contributed by atoms with E-state index in [1.54, 1.807) is 7.11 Å². The molecule has 1 aromatic rings. The van der Waals surface area contributed by atoms with E-state index in [2.05, 4.69) is 31.3 Å². The molecule has 1 N–H and O–H groups in total. The van der Waals surface area contributed by atoms with Crippen molar-refractivity contribution in [2.45, 2.75) is 58.2 Å². The van der Waals surface area contributed by atoms with Crippen molar-refractivity contribution in [3.05, 3.63) is 23.8 Å². The summed E-state index contributed by atoms with van der Waals surface area (Å²) < 4.78 is 11.5. The Bertz CT molecular complexity index is 398. The van der Waals surface area contributed by atoms with Gasteiger partial charge in [-0.05, 0) is 43.4 Å². The molecule has 0 aliphatic heterocycles. The highest BCUT2D eigenvalue weighted by molar-refractivity contribution is 5.43. The zero-order valence-corrected chi connectivity index (χ0v) is 12.2. The van der Waals surface area contributed by atoms with Crippen LogP contribution in [0.4, 0.5) is 0 Å². The third kappa shape index (κ3) is 4.13. The molecule has 0 saturated heterocycles. The molecule has 0 spiro atoms. The minimum atomic E-state index is 0.369. The fraction of sp³-hybridized carbons (Fsp3) is 0.625. The van der Waals surface area contributed by atoms with Crippen molar-refractivity contribution in [1.82, 2.24) is 5.32 Å². The SMILES string of the molecule is COc1cc(CNC(C)C)ccc1OC1CCCC1. The van der Waals surface area contributed by atoms with Crippen molar-refractivity contribution in [3.63, 3.8) is 0 Å². The molecule has 1 fully saturated rings. The normalized spacial score (nSPS) is 16.0. The minimum absolute atomic E-state index is 0.369. The van der Waals surface area contributed by atoms with Gasteiger partial charge in [0.25, 0.3) is 0 Å². The number of nitrogens with one attached hydrogen (secondary N) is 1. The average molecular weight is 263 g/mol. The van der Waals surface area contributed by atoms with E-state index < -0.39 is 0 Å². The van der Waals surface area contributed by atoms with Gasteiger partial charge in [-0.25, -0.2) is 0 Å². The largest absolute Gasteiger partial charge is 0.493 e. The maximum absolute atomic E-state index is 6.03. The average Bonchev–Trinajstić information content (AvgIpc) is 2.90. The van der Waals surface area contributed by atoms with Gasteiger partial charge < -0.3 is 14.8 Å². The fourth-order valence-corrected chi connectivity index (χ4v) is 2.43. The summed E-state index contributed by atoms with van der Waals surface area (Å²) in [6, 6.07) is 6.71. The van der Waals surface area contributed by atoms with E-state index in [4.69, 9.17) is 9.47 Å². The van der Waals surface area contributed by atoms with Gasteiger partial charge in [0.1, 0.15) is 0 Å². The maximum Gasteiger partial charge on any atom is 0.161 e. The molecule has 2 rings (SSSR count). The van der Waals surface area contributed by atoms with Gasteiger partial charge in [0.2, 0.25) is 0 Å². The molecule has 0 radical (unpaired) electrons. The van der Waals surface area contributed by atoms with Crippen molar-refractivity contribution >= 4 is 0 Å². The van der Waals surface area contributed by atoms with Gasteiger partial charge >= 0.3 is 0 Å². The highest BCUT2D eigenvalue weighted by Crippen LogP contribution is 2.32. The molecule has 1 aliphatic rings. The molecule has 0 heterocycles. The highest BCUT2D eigenvalue weighted by Gasteiger charge is 2.18. The van der Waals surface area contributed by atoms with Crippen LogP contribution in [0.1, 0.15) is 45.1 Å². The Kier molecular flexibility index (Phi) is 5.08. The third-order valence-electron chi connectivity index (χ3n) is 3.54. The summed E-state index contributed by atoms with van der Waals surface area (Å²) in [6.07, 6.45) is 5.26. The van der Waals surface area contributed by atoms with Crippen LogP contribution in [0.15, 0.2) is 18.2 Å². The molecule has 106 valence electrons. The summed E-state index contributed by atoms with van der Waals surface area (Å²) in [5.74, 6) is 1.72. The molecule has 19 heavy (non-hydrogen) atoms. The Morgan fingerprint density at radius 2 is 1.95 bits per heavy atom. The number of ether oxygens (including phenoxy) is 2. The van der Waals surface area contributed by atoms with Crippen LogP contribution in [-0.4, -0.2) is 19.3 Å². The molecule has 0 bridgehead atoms. The Balaban J connectivity index is 2.02. The molecule has 0 aromatic heterocycles. The highest BCUT2D eigenvalue weighted by atomic mass is 16.5. The van der Waals surface area contributed by atoms with Crippen LogP contribution in [0.3, 0.4) is 0 Å². The van der Waals surface area contributed by atoms with Crippen molar-refractivity contribution < 1.29 is 9.47 Å². The summed E-state index contributed by atoms with van der Waals surface area (Å²) in [5, 5.41) is 3.41. The number of benzene rings is 1. The lowest BCUT2D eigenvalue weighted by atomic mass is 10.2. The van der Waals surface area contributed by atoms with Crippen molar-refractivity contribution in [1.29, 1.82) is 0 Å². The molecule has 1 aromatic carbocycles. The van der Waals surface area contributed by atoms with Crippen LogP contribution < -0.4 is 14.8 Å². The number of hydrogen-bond acceptors (Lipinski definition) is 3. The Morgan fingerprint density at radius 1 is 1.21 bits per heavy atom. The smallest absolute Gasteiger partial charge is 0.161 e. The van der Waals surface area contributed by atoms with Crippen molar-refractivity contribution in [2.24, 2.45) is 0 Å². The van der Waals surface area contributed by atoms with E-state index in [1.165, 1.54) is 31.2 Å². The van der Waals surface area contributed by atoms with E-state index in [1.807, 2.05) is 6.07 Å². The minimum Gasteiger partial charge on any atom is -0.493 e. The Labute approximate surface area is 116 Å². The summed E-state index contributed by atoms with van der Waals surface area (Å²) in [4.78, 5) is 0. The first-order chi connectivity index (χ1) is 9.19. The first-order valence-corrected chi connectivity index (χ1v) is 7.26. The van der Waals surface area contributed by atoms with E-state index in [0.29, 0.717) is 12.1 Å². The lowest BCUT2D eigenvalue weighted by Gasteiger charge is -2.17. The summed E-state index contributed by atoms with van der Waals surface area (Å²) >= 11 is 0. The van der Waals surface area contributed by atoms with E-state index >= 15 is 0 Å². The lowest BCUT2D eigenvalue weighted by molar-refractivity contribution is 0.200. The summed E-state index contributed by atoms with van der Waals surface area (Å²) in [6.45, 7) is 5.15. The van der Waals surface area contributed by atoms with Crippen molar-refractivity contribution in [3.8, 4) is 11.5 Å². The molecular weight excluding hydrogens is 238 g/mol. The van der Waals surface area contributed by atoms with Gasteiger partial charge in [0.05, 0.1) is 13.2 Å². The maximum atomic E-state index is 6.03. The predicted octanol–water partition coefficient (Wildman–Crippen LogP) is 3.51. The standard InChI is InChI=1S/C16H25NO2/c1-12(2)17-11-13-8-9-15(16(10-13)18-3)19-14-6-4-5-7-14/h8-10,12,14,17H,4-7,11H2,1-3H3. The lowest BCUT2D eigenvalue weighted by Crippen LogP contribution is -2.21. The van der Waals surface area contributed by atoms with E-state index in [0.717, 1.165) is 18.0 Å². The summed E-state index contributed by atoms with van der Waals surface area (Å²) in [7, 11) is 1.70. The zero-order chi connectivity index (χ0) is 13.7. The topological polar surface area (TPSA) is 30.5 Å². The number of hydrogen-bond donors (Lipinski definition) is 1. The molecule has 0 unspecified atom stereocenters. The molecular formula is C16H25NO2. The monoisotopic (exact) mass is 263 g/mol. The van der Waals surface area contributed by atoms with Crippen LogP contribution in [0.2, 0.25) is 0 Å². The first kappa shape index (κ1) is 14.2. The van der Waals surface area contributed by atoms with Gasteiger partial charge in [-0.2, -0.15) is 0 Å².